The van der Waals surface area contributed by atoms with Crippen LogP contribution < -0.4 is 10.6 Å². The van der Waals surface area contributed by atoms with Crippen LogP contribution in [0.4, 0.5) is 10.1 Å². The fraction of sp³-hybridized carbons (Fsp3) is 0.278. The number of aryl methyl sites for hydroxylation is 2. The van der Waals surface area contributed by atoms with Gasteiger partial charge in [0, 0.05) is 23.8 Å². The van der Waals surface area contributed by atoms with Crippen molar-refractivity contribution in [1.82, 2.24) is 24.9 Å². The summed E-state index contributed by atoms with van der Waals surface area (Å²) in [6, 6.07) is 6.57. The molecule has 0 aliphatic rings. The maximum Gasteiger partial charge on any atom is 0.171 e. The fourth-order valence-corrected chi connectivity index (χ4v) is 3.17. The molecule has 0 saturated carbocycles. The van der Waals surface area contributed by atoms with Crippen LogP contribution in [0.15, 0.2) is 30.5 Å². The van der Waals surface area contributed by atoms with Crippen molar-refractivity contribution in [1.29, 1.82) is 0 Å². The lowest BCUT2D eigenvalue weighted by atomic mass is 10.2. The van der Waals surface area contributed by atoms with Crippen LogP contribution in [0.25, 0.3) is 0 Å². The van der Waals surface area contributed by atoms with Gasteiger partial charge in [-0.3, -0.25) is 9.36 Å². The Bertz CT molecular complexity index is 960. The van der Waals surface area contributed by atoms with Gasteiger partial charge in [-0.15, -0.1) is 0 Å². The molecule has 1 aromatic carbocycles. The van der Waals surface area contributed by atoms with E-state index < -0.39 is 0 Å². The topological polar surface area (TPSA) is 59.7 Å². The summed E-state index contributed by atoms with van der Waals surface area (Å²) in [6.07, 6.45) is 1.74. The van der Waals surface area contributed by atoms with Gasteiger partial charge in [0.05, 0.1) is 35.9 Å². The van der Waals surface area contributed by atoms with E-state index in [2.05, 4.69) is 20.8 Å². The molecule has 27 heavy (non-hydrogen) atoms. The van der Waals surface area contributed by atoms with Crippen molar-refractivity contribution in [2.45, 2.75) is 26.9 Å². The number of rotatable bonds is 5. The van der Waals surface area contributed by atoms with Crippen LogP contribution in [-0.4, -0.2) is 24.7 Å². The number of anilines is 1. The molecule has 0 amide bonds. The minimum atomic E-state index is -0.349. The summed E-state index contributed by atoms with van der Waals surface area (Å²) in [4.78, 5) is 0. The lowest BCUT2D eigenvalue weighted by Gasteiger charge is -2.12. The molecule has 6 nitrogen and oxygen atoms in total. The van der Waals surface area contributed by atoms with Crippen LogP contribution in [-0.2, 0) is 20.1 Å². The lowest BCUT2D eigenvalue weighted by Crippen LogP contribution is -2.29. The monoisotopic (exact) mass is 406 g/mol. The van der Waals surface area contributed by atoms with Gasteiger partial charge in [-0.05, 0) is 44.3 Å². The summed E-state index contributed by atoms with van der Waals surface area (Å²) < 4.78 is 17.6. The Morgan fingerprint density at radius 2 is 2.07 bits per heavy atom. The standard InChI is InChI=1S/C18H20ClFN6S/c1-11-17(23-18(27)21-9-13-7-8-22-25(13)3)12(2)26(24-11)10-14-15(19)5-4-6-16(14)20/h4-8H,9-10H2,1-3H3,(H2,21,23,27). The predicted molar refractivity (Wildman–Crippen MR) is 108 cm³/mol. The van der Waals surface area contributed by atoms with E-state index in [4.69, 9.17) is 23.8 Å². The zero-order chi connectivity index (χ0) is 19.6. The second-order valence-corrected chi connectivity index (χ2v) is 6.97. The molecule has 2 heterocycles. The number of nitrogens with zero attached hydrogens (tertiary/aromatic N) is 4. The smallest absolute Gasteiger partial charge is 0.171 e. The van der Waals surface area contributed by atoms with Gasteiger partial charge in [0.25, 0.3) is 0 Å². The van der Waals surface area contributed by atoms with Gasteiger partial charge >= 0.3 is 0 Å². The maximum absolute atomic E-state index is 14.1. The lowest BCUT2D eigenvalue weighted by molar-refractivity contribution is 0.579. The molecule has 0 aliphatic carbocycles. The average Bonchev–Trinajstić information content (AvgIpc) is 3.14. The maximum atomic E-state index is 14.1. The molecule has 0 spiro atoms. The summed E-state index contributed by atoms with van der Waals surface area (Å²) in [7, 11) is 1.87. The highest BCUT2D eigenvalue weighted by Gasteiger charge is 2.16. The van der Waals surface area contributed by atoms with Crippen LogP contribution in [0.2, 0.25) is 5.02 Å². The third-order valence-electron chi connectivity index (χ3n) is 4.34. The van der Waals surface area contributed by atoms with Gasteiger partial charge in [-0.1, -0.05) is 17.7 Å². The van der Waals surface area contributed by atoms with Crippen molar-refractivity contribution in [3.05, 3.63) is 63.9 Å². The summed E-state index contributed by atoms with van der Waals surface area (Å²) in [5.41, 5.74) is 3.83. The van der Waals surface area contributed by atoms with Gasteiger partial charge in [-0.2, -0.15) is 10.2 Å². The summed E-state index contributed by atoms with van der Waals surface area (Å²) in [5.74, 6) is -0.349. The number of hydrogen-bond acceptors (Lipinski definition) is 3. The Hall–Kier alpha value is -2.45. The van der Waals surface area contributed by atoms with Gasteiger partial charge in [0.2, 0.25) is 0 Å². The third-order valence-corrected chi connectivity index (χ3v) is 4.94. The Balaban J connectivity index is 1.72. The normalized spacial score (nSPS) is 10.9. The van der Waals surface area contributed by atoms with Crippen molar-refractivity contribution in [3.8, 4) is 0 Å². The van der Waals surface area contributed by atoms with Crippen molar-refractivity contribution < 1.29 is 4.39 Å². The highest BCUT2D eigenvalue weighted by atomic mass is 35.5. The summed E-state index contributed by atoms with van der Waals surface area (Å²) in [5, 5.41) is 15.8. The number of thiocarbonyl (C=S) groups is 1. The van der Waals surface area contributed by atoms with Crippen LogP contribution in [0.1, 0.15) is 22.6 Å². The van der Waals surface area contributed by atoms with Crippen LogP contribution in [0.5, 0.6) is 0 Å². The minimum Gasteiger partial charge on any atom is -0.357 e. The first-order valence-corrected chi connectivity index (χ1v) is 9.14. The van der Waals surface area contributed by atoms with Crippen LogP contribution >= 0.6 is 23.8 Å². The fourth-order valence-electron chi connectivity index (χ4n) is 2.77. The van der Waals surface area contributed by atoms with Crippen LogP contribution in [0.3, 0.4) is 0 Å². The van der Waals surface area contributed by atoms with Gasteiger partial charge < -0.3 is 10.6 Å². The van der Waals surface area contributed by atoms with Gasteiger partial charge in [-0.25, -0.2) is 4.39 Å². The Morgan fingerprint density at radius 1 is 1.30 bits per heavy atom. The number of aromatic nitrogens is 4. The molecular formula is C18H20ClFN6S. The number of benzene rings is 1. The number of hydrogen-bond donors (Lipinski definition) is 2. The largest absolute Gasteiger partial charge is 0.357 e. The van der Waals surface area contributed by atoms with E-state index in [0.29, 0.717) is 22.2 Å². The van der Waals surface area contributed by atoms with Crippen molar-refractivity contribution in [3.63, 3.8) is 0 Å². The molecule has 2 aromatic heterocycles. The first-order valence-electron chi connectivity index (χ1n) is 8.35. The second kappa shape index (κ2) is 8.06. The highest BCUT2D eigenvalue weighted by Crippen LogP contribution is 2.24. The first-order chi connectivity index (χ1) is 12.9. The number of nitrogens with one attached hydrogen (secondary N) is 2. The molecule has 3 rings (SSSR count). The van der Waals surface area contributed by atoms with E-state index in [0.717, 1.165) is 22.8 Å². The zero-order valence-corrected chi connectivity index (χ0v) is 16.8. The molecule has 0 bridgehead atoms. The molecule has 2 N–H and O–H groups in total. The summed E-state index contributed by atoms with van der Waals surface area (Å²) >= 11 is 11.5. The van der Waals surface area contributed by atoms with E-state index in [1.807, 2.05) is 27.0 Å². The molecule has 3 aromatic rings. The molecule has 0 fully saturated rings. The SMILES string of the molecule is Cc1nn(Cc2c(F)cccc2Cl)c(C)c1NC(=S)NCc1ccnn1C. The quantitative estimate of drug-likeness (QED) is 0.634. The highest BCUT2D eigenvalue weighted by molar-refractivity contribution is 7.80. The second-order valence-electron chi connectivity index (χ2n) is 6.16. The molecule has 0 radical (unpaired) electrons. The Morgan fingerprint density at radius 3 is 2.74 bits per heavy atom. The molecule has 9 heteroatoms. The molecular weight excluding hydrogens is 387 g/mol. The number of halogens is 2. The summed E-state index contributed by atoms with van der Waals surface area (Å²) in [6.45, 7) is 4.58. The van der Waals surface area contributed by atoms with E-state index >= 15 is 0 Å². The van der Waals surface area contributed by atoms with Crippen molar-refractivity contribution >= 4 is 34.6 Å². The average molecular weight is 407 g/mol. The molecule has 0 aliphatic heterocycles. The van der Waals surface area contributed by atoms with E-state index in [-0.39, 0.29) is 12.4 Å². The Labute approximate surface area is 167 Å². The first kappa shape index (κ1) is 19.3. The van der Waals surface area contributed by atoms with Crippen molar-refractivity contribution in [2.24, 2.45) is 7.05 Å². The Kier molecular flexibility index (Phi) is 5.76. The molecule has 142 valence electrons. The van der Waals surface area contributed by atoms with E-state index in [1.54, 1.807) is 27.7 Å². The third kappa shape index (κ3) is 4.28. The molecule has 0 atom stereocenters. The molecule has 0 unspecified atom stereocenters. The van der Waals surface area contributed by atoms with Gasteiger partial charge in [0.1, 0.15) is 5.82 Å². The zero-order valence-electron chi connectivity index (χ0n) is 15.3. The van der Waals surface area contributed by atoms with E-state index in [9.17, 15) is 4.39 Å². The van der Waals surface area contributed by atoms with Gasteiger partial charge in [0.15, 0.2) is 5.11 Å². The van der Waals surface area contributed by atoms with E-state index in [1.165, 1.54) is 6.07 Å². The minimum absolute atomic E-state index is 0.245. The predicted octanol–water partition coefficient (Wildman–Crippen LogP) is 3.56. The van der Waals surface area contributed by atoms with Crippen LogP contribution in [0, 0.1) is 19.7 Å². The molecule has 0 saturated heterocycles. The van der Waals surface area contributed by atoms with Crippen molar-refractivity contribution in [2.75, 3.05) is 5.32 Å².